The first-order valence-electron chi connectivity index (χ1n) is 11.1. The monoisotopic (exact) mass is 447 g/mol. The number of fused-ring (bicyclic) bond motifs is 1. The van der Waals surface area contributed by atoms with Crippen LogP contribution in [-0.2, 0) is 13.0 Å². The summed E-state index contributed by atoms with van der Waals surface area (Å²) in [6.45, 7) is 6.30. The van der Waals surface area contributed by atoms with Crippen molar-refractivity contribution in [2.24, 2.45) is 0 Å². The molecule has 0 bridgehead atoms. The van der Waals surface area contributed by atoms with Crippen molar-refractivity contribution in [2.75, 3.05) is 13.2 Å². The Kier molecular flexibility index (Phi) is 7.22. The lowest BCUT2D eigenvalue weighted by atomic mass is 10.0. The Bertz CT molecular complexity index is 1150. The number of carbonyl (C=O) groups excluding carboxylic acids is 1. The molecule has 0 aliphatic rings. The van der Waals surface area contributed by atoms with Gasteiger partial charge in [0.25, 0.3) is 5.91 Å². The van der Waals surface area contributed by atoms with Crippen LogP contribution in [0.5, 0.6) is 5.75 Å². The molecule has 0 unspecified atom stereocenters. The summed E-state index contributed by atoms with van der Waals surface area (Å²) in [5.41, 5.74) is 3.42. The lowest BCUT2D eigenvalue weighted by Gasteiger charge is -2.12. The number of nitrogens with zero attached hydrogens (tertiary/aromatic N) is 2. The fourth-order valence-corrected chi connectivity index (χ4v) is 4.35. The van der Waals surface area contributed by atoms with Crippen molar-refractivity contribution in [3.63, 3.8) is 0 Å². The smallest absolute Gasteiger partial charge is 0.261 e. The SMILES string of the molecule is CC(C)c1ccc(OCCn2c(CCCNC(=O)c3cccs3)nc3ccccc32)cc1. The van der Waals surface area contributed by atoms with Gasteiger partial charge >= 0.3 is 0 Å². The summed E-state index contributed by atoms with van der Waals surface area (Å²) in [4.78, 5) is 17.7. The van der Waals surface area contributed by atoms with Crippen LogP contribution in [0.1, 0.15) is 47.2 Å². The van der Waals surface area contributed by atoms with Crippen LogP contribution >= 0.6 is 11.3 Å². The highest BCUT2D eigenvalue weighted by molar-refractivity contribution is 7.12. The number of carbonyl (C=O) groups is 1. The molecule has 32 heavy (non-hydrogen) atoms. The molecular weight excluding hydrogens is 418 g/mol. The molecule has 0 aliphatic carbocycles. The van der Waals surface area contributed by atoms with Crippen molar-refractivity contribution in [3.8, 4) is 5.75 Å². The van der Waals surface area contributed by atoms with Gasteiger partial charge in [-0.15, -0.1) is 11.3 Å². The van der Waals surface area contributed by atoms with Gasteiger partial charge < -0.3 is 14.6 Å². The first-order valence-corrected chi connectivity index (χ1v) is 12.0. The average Bonchev–Trinajstić information content (AvgIpc) is 3.46. The molecule has 0 radical (unpaired) electrons. The molecule has 1 N–H and O–H groups in total. The van der Waals surface area contributed by atoms with Gasteiger partial charge in [0.1, 0.15) is 18.2 Å². The predicted molar refractivity (Wildman–Crippen MR) is 131 cm³/mol. The molecule has 1 amide bonds. The Labute approximate surface area is 193 Å². The first-order chi connectivity index (χ1) is 15.6. The zero-order chi connectivity index (χ0) is 22.3. The first kappa shape index (κ1) is 22.1. The molecule has 5 nitrogen and oxygen atoms in total. The van der Waals surface area contributed by atoms with Crippen molar-refractivity contribution < 1.29 is 9.53 Å². The van der Waals surface area contributed by atoms with Gasteiger partial charge in [0.05, 0.1) is 22.5 Å². The molecule has 4 aromatic rings. The maximum atomic E-state index is 12.1. The number of aryl methyl sites for hydroxylation is 1. The van der Waals surface area contributed by atoms with Gasteiger partial charge in [0.15, 0.2) is 0 Å². The molecule has 166 valence electrons. The third-order valence-electron chi connectivity index (χ3n) is 5.47. The lowest BCUT2D eigenvalue weighted by molar-refractivity contribution is 0.0957. The summed E-state index contributed by atoms with van der Waals surface area (Å²) in [6.07, 6.45) is 1.63. The molecule has 0 atom stereocenters. The molecule has 4 rings (SSSR count). The highest BCUT2D eigenvalue weighted by atomic mass is 32.1. The maximum absolute atomic E-state index is 12.1. The fourth-order valence-electron chi connectivity index (χ4n) is 3.71. The summed E-state index contributed by atoms with van der Waals surface area (Å²) < 4.78 is 8.25. The third kappa shape index (κ3) is 5.37. The average molecular weight is 448 g/mol. The number of imidazole rings is 1. The van der Waals surface area contributed by atoms with Crippen LogP contribution < -0.4 is 10.1 Å². The van der Waals surface area contributed by atoms with E-state index in [-0.39, 0.29) is 5.91 Å². The number of aromatic nitrogens is 2. The quantitative estimate of drug-likeness (QED) is 0.319. The van der Waals surface area contributed by atoms with Crippen molar-refractivity contribution in [1.29, 1.82) is 0 Å². The number of ether oxygens (including phenoxy) is 1. The summed E-state index contributed by atoms with van der Waals surface area (Å²) in [7, 11) is 0. The van der Waals surface area contributed by atoms with Gasteiger partial charge in [-0.25, -0.2) is 4.98 Å². The normalized spacial score (nSPS) is 11.2. The van der Waals surface area contributed by atoms with Crippen LogP contribution in [0.15, 0.2) is 66.0 Å². The van der Waals surface area contributed by atoms with E-state index in [9.17, 15) is 4.79 Å². The van der Waals surface area contributed by atoms with E-state index in [0.29, 0.717) is 19.1 Å². The predicted octanol–water partition coefficient (Wildman–Crippen LogP) is 5.66. The fraction of sp³-hybridized carbons (Fsp3) is 0.308. The second-order valence-corrected chi connectivity index (χ2v) is 9.03. The lowest BCUT2D eigenvalue weighted by Crippen LogP contribution is -2.24. The molecular formula is C26H29N3O2S. The van der Waals surface area contributed by atoms with E-state index >= 15 is 0 Å². The highest BCUT2D eigenvalue weighted by Gasteiger charge is 2.11. The summed E-state index contributed by atoms with van der Waals surface area (Å²) >= 11 is 1.46. The minimum Gasteiger partial charge on any atom is -0.492 e. The molecule has 0 saturated carbocycles. The number of benzene rings is 2. The van der Waals surface area contributed by atoms with Crippen LogP contribution in [0, 0.1) is 0 Å². The molecule has 2 heterocycles. The second-order valence-electron chi connectivity index (χ2n) is 8.08. The van der Waals surface area contributed by atoms with Gasteiger partial charge in [0.2, 0.25) is 0 Å². The van der Waals surface area contributed by atoms with Crippen LogP contribution in [0.3, 0.4) is 0 Å². The van der Waals surface area contributed by atoms with Gasteiger partial charge in [0, 0.05) is 13.0 Å². The molecule has 2 aromatic heterocycles. The molecule has 0 spiro atoms. The zero-order valence-electron chi connectivity index (χ0n) is 18.6. The van der Waals surface area contributed by atoms with Crippen LogP contribution in [0.25, 0.3) is 11.0 Å². The van der Waals surface area contributed by atoms with Crippen molar-refractivity contribution in [1.82, 2.24) is 14.9 Å². The van der Waals surface area contributed by atoms with Gasteiger partial charge in [-0.1, -0.05) is 44.2 Å². The summed E-state index contributed by atoms with van der Waals surface area (Å²) in [5.74, 6) is 2.41. The third-order valence-corrected chi connectivity index (χ3v) is 6.34. The van der Waals surface area contributed by atoms with Gasteiger partial charge in [-0.2, -0.15) is 0 Å². The standard InChI is InChI=1S/C26H29N3O2S/c1-19(2)20-11-13-21(14-12-20)31-17-16-29-23-8-4-3-7-22(23)28-25(29)10-5-15-27-26(30)24-9-6-18-32-24/h3-4,6-9,11-14,18-19H,5,10,15-17H2,1-2H3,(H,27,30). The van der Waals surface area contributed by atoms with Gasteiger partial charge in [-0.3, -0.25) is 4.79 Å². The molecule has 2 aromatic carbocycles. The van der Waals surface area contributed by atoms with E-state index in [0.717, 1.165) is 46.9 Å². The van der Waals surface area contributed by atoms with E-state index < -0.39 is 0 Å². The maximum Gasteiger partial charge on any atom is 0.261 e. The number of thiophene rings is 1. The Hall–Kier alpha value is -3.12. The van der Waals surface area contributed by atoms with E-state index in [4.69, 9.17) is 9.72 Å². The molecule has 0 aliphatic heterocycles. The van der Waals surface area contributed by atoms with Crippen molar-refractivity contribution in [3.05, 3.63) is 82.3 Å². The van der Waals surface area contributed by atoms with Crippen molar-refractivity contribution >= 4 is 28.3 Å². The minimum atomic E-state index is -0.00890. The second kappa shape index (κ2) is 10.5. The summed E-state index contributed by atoms with van der Waals surface area (Å²) in [6, 6.07) is 20.3. The van der Waals surface area contributed by atoms with E-state index in [1.807, 2.05) is 47.8 Å². The zero-order valence-corrected chi connectivity index (χ0v) is 19.4. The molecule has 0 fully saturated rings. The Morgan fingerprint density at radius 1 is 1.09 bits per heavy atom. The molecule has 6 heteroatoms. The summed E-state index contributed by atoms with van der Waals surface area (Å²) in [5, 5.41) is 4.91. The molecule has 0 saturated heterocycles. The number of para-hydroxylation sites is 2. The van der Waals surface area contributed by atoms with Crippen LogP contribution in [0.4, 0.5) is 0 Å². The topological polar surface area (TPSA) is 56.1 Å². The van der Waals surface area contributed by atoms with E-state index in [1.165, 1.54) is 16.9 Å². The Morgan fingerprint density at radius 2 is 1.91 bits per heavy atom. The highest BCUT2D eigenvalue weighted by Crippen LogP contribution is 2.20. The van der Waals surface area contributed by atoms with Crippen LogP contribution in [-0.4, -0.2) is 28.6 Å². The number of amides is 1. The van der Waals surface area contributed by atoms with E-state index in [2.05, 4.69) is 41.9 Å². The van der Waals surface area contributed by atoms with Gasteiger partial charge in [-0.05, 0) is 53.6 Å². The number of nitrogens with one attached hydrogen (secondary N) is 1. The minimum absolute atomic E-state index is 0.00890. The largest absolute Gasteiger partial charge is 0.492 e. The van der Waals surface area contributed by atoms with Crippen LogP contribution in [0.2, 0.25) is 0 Å². The number of hydrogen-bond donors (Lipinski definition) is 1. The van der Waals surface area contributed by atoms with E-state index in [1.54, 1.807) is 0 Å². The van der Waals surface area contributed by atoms with Crippen molar-refractivity contribution in [2.45, 2.75) is 39.2 Å². The Balaban J connectivity index is 1.36. The Morgan fingerprint density at radius 3 is 2.66 bits per heavy atom. The number of hydrogen-bond acceptors (Lipinski definition) is 4. The number of rotatable bonds is 10.